The number of carbonyl (C=O) groups excluding carboxylic acids is 2. The third-order valence-electron chi connectivity index (χ3n) is 9.26. The topological polar surface area (TPSA) is 76.1 Å². The van der Waals surface area contributed by atoms with Crippen LogP contribution in [0.2, 0.25) is 0 Å². The molecule has 0 amide bonds. The van der Waals surface area contributed by atoms with Crippen molar-refractivity contribution in [3.8, 4) is 0 Å². The number of carbonyl (C=O) groups is 2. The Kier molecular flexibility index (Phi) is 30.1. The van der Waals surface area contributed by atoms with Crippen LogP contribution in [-0.4, -0.2) is 110 Å². The summed E-state index contributed by atoms with van der Waals surface area (Å²) in [5.41, 5.74) is 2.91. The summed E-state index contributed by atoms with van der Waals surface area (Å²) < 4.78 is 0. The van der Waals surface area contributed by atoms with Gasteiger partial charge in [0.25, 0.3) is 0 Å². The van der Waals surface area contributed by atoms with E-state index in [4.69, 9.17) is 5.11 Å². The summed E-state index contributed by atoms with van der Waals surface area (Å²) in [6.45, 7) is 22.3. The van der Waals surface area contributed by atoms with Crippen LogP contribution >= 0.6 is 0 Å². The molecule has 51 heavy (non-hydrogen) atoms. The molecule has 288 valence electrons. The second-order valence-electron chi connectivity index (χ2n) is 13.6. The zero-order valence-corrected chi connectivity index (χ0v) is 32.8. The molecule has 2 aromatic rings. The molecule has 0 aromatic heterocycles. The van der Waals surface area contributed by atoms with Crippen LogP contribution in [0, 0.1) is 0 Å². The van der Waals surface area contributed by atoms with Crippen LogP contribution in [0.15, 0.2) is 73.3 Å². The zero-order chi connectivity index (χ0) is 37.2. The highest BCUT2D eigenvalue weighted by atomic mass is 16.2. The van der Waals surface area contributed by atoms with Crippen molar-refractivity contribution in [2.45, 2.75) is 104 Å². The number of aliphatic hydroxyl groups is 1. The summed E-state index contributed by atoms with van der Waals surface area (Å²) in [5, 5.41) is 11.0. The largest absolute Gasteiger partial charge is 0.397 e. The van der Waals surface area contributed by atoms with Gasteiger partial charge < -0.3 is 25.1 Å². The van der Waals surface area contributed by atoms with Gasteiger partial charge in [0.1, 0.15) is 5.78 Å². The Morgan fingerprint density at radius 2 is 1.06 bits per heavy atom. The minimum absolute atomic E-state index is 0.170. The summed E-state index contributed by atoms with van der Waals surface area (Å²) in [6, 6.07) is 21.5. The molecule has 0 spiro atoms. The molecule has 2 heterocycles. The average molecular weight is 707 g/mol. The lowest BCUT2D eigenvalue weighted by Gasteiger charge is -2.34. The van der Waals surface area contributed by atoms with Crippen LogP contribution in [0.25, 0.3) is 0 Å². The Morgan fingerprint density at radius 3 is 1.51 bits per heavy atom. The number of piperazine rings is 2. The van der Waals surface area contributed by atoms with Crippen LogP contribution in [0.4, 0.5) is 0 Å². The Morgan fingerprint density at radius 1 is 0.627 bits per heavy atom. The third kappa shape index (κ3) is 26.7. The van der Waals surface area contributed by atoms with E-state index in [1.54, 1.807) is 6.92 Å². The molecule has 2 N–H and O–H groups in total. The van der Waals surface area contributed by atoms with E-state index >= 15 is 0 Å². The van der Waals surface area contributed by atoms with Crippen molar-refractivity contribution in [2.75, 3.05) is 78.6 Å². The Labute approximate surface area is 312 Å². The normalized spacial score (nSPS) is 14.9. The monoisotopic (exact) mass is 707 g/mol. The van der Waals surface area contributed by atoms with Gasteiger partial charge in [0.05, 0.1) is 0 Å². The van der Waals surface area contributed by atoms with E-state index in [-0.39, 0.29) is 12.4 Å². The van der Waals surface area contributed by atoms with Gasteiger partial charge in [0.15, 0.2) is 5.78 Å². The van der Waals surface area contributed by atoms with Crippen LogP contribution < -0.4 is 5.32 Å². The molecule has 2 fully saturated rings. The minimum Gasteiger partial charge on any atom is -0.397 e. The molecule has 0 unspecified atom stereocenters. The summed E-state index contributed by atoms with van der Waals surface area (Å²) in [5.74, 6) is 0.622. The van der Waals surface area contributed by atoms with Gasteiger partial charge in [-0.05, 0) is 75.7 Å². The van der Waals surface area contributed by atoms with Crippen molar-refractivity contribution in [1.29, 1.82) is 0 Å². The summed E-state index contributed by atoms with van der Waals surface area (Å²) in [4.78, 5) is 30.0. The smallest absolute Gasteiger partial charge is 0.155 e. The first kappa shape index (κ1) is 46.3. The highest BCUT2D eigenvalue weighted by Gasteiger charge is 2.17. The Hall–Kier alpha value is -2.68. The van der Waals surface area contributed by atoms with Crippen LogP contribution in [0.5, 0.6) is 0 Å². The van der Waals surface area contributed by atoms with Crippen LogP contribution in [0.3, 0.4) is 0 Å². The zero-order valence-electron chi connectivity index (χ0n) is 32.8. The van der Waals surface area contributed by atoms with Crippen molar-refractivity contribution >= 4 is 11.6 Å². The van der Waals surface area contributed by atoms with Crippen molar-refractivity contribution in [2.24, 2.45) is 0 Å². The number of allylic oxidation sites excluding steroid dienone is 1. The van der Waals surface area contributed by atoms with Crippen molar-refractivity contribution in [3.05, 3.63) is 84.4 Å². The minimum atomic E-state index is 0.170. The second-order valence-corrected chi connectivity index (χ2v) is 13.6. The molecule has 2 aliphatic rings. The van der Waals surface area contributed by atoms with E-state index in [1.165, 1.54) is 88.3 Å². The predicted molar refractivity (Wildman–Crippen MR) is 218 cm³/mol. The van der Waals surface area contributed by atoms with E-state index in [2.05, 4.69) is 101 Å². The number of aryl methyl sites for hydroxylation is 2. The highest BCUT2D eigenvalue weighted by molar-refractivity contribution is 5.88. The fourth-order valence-corrected chi connectivity index (χ4v) is 6.11. The van der Waals surface area contributed by atoms with Crippen molar-refractivity contribution in [3.63, 3.8) is 0 Å². The van der Waals surface area contributed by atoms with E-state index < -0.39 is 0 Å². The third-order valence-corrected chi connectivity index (χ3v) is 9.26. The van der Waals surface area contributed by atoms with Gasteiger partial charge in [-0.25, -0.2) is 0 Å². The molecule has 0 radical (unpaired) electrons. The number of rotatable bonds is 20. The van der Waals surface area contributed by atoms with Gasteiger partial charge in [-0.3, -0.25) is 9.59 Å². The van der Waals surface area contributed by atoms with E-state index in [9.17, 15) is 9.59 Å². The Bertz CT molecular complexity index is 1080. The van der Waals surface area contributed by atoms with Crippen molar-refractivity contribution in [1.82, 2.24) is 20.0 Å². The van der Waals surface area contributed by atoms with E-state index in [0.29, 0.717) is 12.2 Å². The quantitative estimate of drug-likeness (QED) is 0.108. The number of nitrogens with one attached hydrogen (secondary N) is 1. The maximum absolute atomic E-state index is 11.9. The standard InChI is InChI=1S/C21H34N2O.C13H20N2.C8H14O.C2H6O/c1-2-3-5-12-21(24)13-15-23-18-16-22(17-19-23)14-8-11-20-9-6-4-7-10-20;1-2-5-13(6-3-1)7-4-10-15-11-8-14-9-12-15;1-3-5-6-7-8(9)4-2;1-2-3/h4,6-7,9-10H,2-3,5,8,11-19H2,1H3;1-3,5-6,14H,4,7-12H2;4H,2-3,5-7H2,1H3;3H,2H2,1H3. The molecule has 0 saturated carbocycles. The SMILES string of the molecule is C=CC(=O)CCCCC.CCCCCC(=O)CCN1CCN(CCCc2ccccc2)CC1.CCO.c1ccc(CCCN2CCNCC2)cc1. The predicted octanol–water partition coefficient (Wildman–Crippen LogP) is 7.62. The molecule has 2 saturated heterocycles. The second kappa shape index (κ2) is 33.2. The van der Waals surface area contributed by atoms with Gasteiger partial charge in [0.2, 0.25) is 0 Å². The average Bonchev–Trinajstić information content (AvgIpc) is 3.17. The lowest BCUT2D eigenvalue weighted by atomic mass is 10.1. The van der Waals surface area contributed by atoms with Gasteiger partial charge >= 0.3 is 0 Å². The number of hydrogen-bond acceptors (Lipinski definition) is 7. The van der Waals surface area contributed by atoms with E-state index in [1.807, 2.05) is 0 Å². The molecule has 4 rings (SSSR count). The Balaban J connectivity index is 0.000000409. The number of ketones is 2. The highest BCUT2D eigenvalue weighted by Crippen LogP contribution is 2.09. The van der Waals surface area contributed by atoms with Gasteiger partial charge in [-0.2, -0.15) is 0 Å². The van der Waals surface area contributed by atoms with Gasteiger partial charge in [-0.15, -0.1) is 0 Å². The van der Waals surface area contributed by atoms with Crippen LogP contribution in [-0.2, 0) is 22.4 Å². The number of hydrogen-bond donors (Lipinski definition) is 2. The molecule has 2 aliphatic heterocycles. The summed E-state index contributed by atoms with van der Waals surface area (Å²) in [6.07, 6.45) is 15.3. The lowest BCUT2D eigenvalue weighted by molar-refractivity contribution is -0.119. The summed E-state index contributed by atoms with van der Waals surface area (Å²) in [7, 11) is 0. The number of unbranched alkanes of at least 4 members (excludes halogenated alkanes) is 4. The molecule has 0 atom stereocenters. The lowest BCUT2D eigenvalue weighted by Crippen LogP contribution is -2.47. The number of nitrogens with zero attached hydrogens (tertiary/aromatic N) is 3. The molecule has 2 aromatic carbocycles. The molecule has 0 bridgehead atoms. The fourth-order valence-electron chi connectivity index (χ4n) is 6.11. The summed E-state index contributed by atoms with van der Waals surface area (Å²) >= 11 is 0. The van der Waals surface area contributed by atoms with Crippen molar-refractivity contribution < 1.29 is 14.7 Å². The first-order chi connectivity index (χ1) is 24.9. The fraction of sp³-hybridized carbons (Fsp3) is 0.636. The van der Waals surface area contributed by atoms with Crippen LogP contribution in [0.1, 0.15) is 103 Å². The maximum atomic E-state index is 11.9. The molecule has 0 aliphatic carbocycles. The number of benzene rings is 2. The number of aliphatic hydroxyl groups excluding tert-OH is 1. The van der Waals surface area contributed by atoms with Gasteiger partial charge in [-0.1, -0.05) is 107 Å². The molecular formula is C44H74N4O3. The first-order valence-corrected chi connectivity index (χ1v) is 20.2. The van der Waals surface area contributed by atoms with Gasteiger partial charge in [0, 0.05) is 84.8 Å². The maximum Gasteiger partial charge on any atom is 0.155 e. The molecule has 7 nitrogen and oxygen atoms in total. The molecule has 7 heteroatoms. The first-order valence-electron chi connectivity index (χ1n) is 20.2. The molecular weight excluding hydrogens is 633 g/mol. The number of Topliss-reactive ketones (excluding diaryl/α,β-unsaturated/α-hetero) is 1. The van der Waals surface area contributed by atoms with E-state index in [0.717, 1.165) is 77.9 Å².